The van der Waals surface area contributed by atoms with Gasteiger partial charge in [0.25, 0.3) is 5.69 Å². The number of carbonyl (C=O) groups is 1. The van der Waals surface area contributed by atoms with Crippen LogP contribution in [0.1, 0.15) is 43.7 Å². The second kappa shape index (κ2) is 12.2. The first kappa shape index (κ1) is 27.4. The fourth-order valence-electron chi connectivity index (χ4n) is 4.52. The Kier molecular flexibility index (Phi) is 9.27. The molecule has 0 aliphatic carbocycles. The number of sulfonamides is 1. The third-order valence-electron chi connectivity index (χ3n) is 6.25. The number of nitrogens with one attached hydrogen (secondary N) is 1. The number of ether oxygens (including phenoxy) is 1. The lowest BCUT2D eigenvalue weighted by molar-refractivity contribution is -0.384. The topological polar surface area (TPSA) is 122 Å². The van der Waals surface area contributed by atoms with E-state index in [4.69, 9.17) is 4.74 Å². The Morgan fingerprint density at radius 2 is 1.86 bits per heavy atom. The molecule has 1 fully saturated rings. The highest BCUT2D eigenvalue weighted by molar-refractivity contribution is 7.92. The third kappa shape index (κ3) is 6.94. The van der Waals surface area contributed by atoms with Gasteiger partial charge >= 0.3 is 0 Å². The van der Waals surface area contributed by atoms with E-state index in [1.165, 1.54) is 38.5 Å². The largest absolute Gasteiger partial charge is 0.495 e. The molecule has 0 bridgehead atoms. The van der Waals surface area contributed by atoms with Crippen molar-refractivity contribution in [1.82, 2.24) is 10.2 Å². The zero-order valence-corrected chi connectivity index (χ0v) is 21.8. The number of benzene rings is 2. The number of nitro benzene ring substituents is 1. The number of non-ortho nitro benzene ring substituents is 1. The van der Waals surface area contributed by atoms with E-state index in [1.54, 1.807) is 6.92 Å². The normalized spacial score (nSPS) is 15.2. The summed E-state index contributed by atoms with van der Waals surface area (Å²) >= 11 is 0. The molecule has 0 saturated carbocycles. The van der Waals surface area contributed by atoms with Crippen molar-refractivity contribution in [2.24, 2.45) is 0 Å². The summed E-state index contributed by atoms with van der Waals surface area (Å²) in [4.78, 5) is 26.4. The van der Waals surface area contributed by atoms with Gasteiger partial charge in [-0.05, 0) is 49.5 Å². The summed E-state index contributed by atoms with van der Waals surface area (Å²) in [7, 11) is -2.65. The predicted molar refractivity (Wildman–Crippen MR) is 138 cm³/mol. The summed E-state index contributed by atoms with van der Waals surface area (Å²) in [5, 5.41) is 14.2. The average molecular weight is 519 g/mol. The smallest absolute Gasteiger partial charge is 0.271 e. The number of nitro groups is 1. The second-order valence-corrected chi connectivity index (χ2v) is 10.8. The van der Waals surface area contributed by atoms with Gasteiger partial charge in [-0.3, -0.25) is 24.1 Å². The summed E-state index contributed by atoms with van der Waals surface area (Å²) in [5.41, 5.74) is 1.71. The number of methoxy groups -OCH3 is 1. The Balaban J connectivity index is 1.80. The molecule has 36 heavy (non-hydrogen) atoms. The Hall–Kier alpha value is -3.18. The SMILES string of the molecule is CC[C@@H](C(=O)NCc1cccc(CN2CCCCC2)c1)N(c1cc([N+](=O)[O-])ccc1OC)S(C)(=O)=O. The van der Waals surface area contributed by atoms with Crippen LogP contribution in [0.5, 0.6) is 5.75 Å². The van der Waals surface area contributed by atoms with Crippen LogP contribution in [0.4, 0.5) is 11.4 Å². The first-order valence-corrected chi connectivity index (χ1v) is 13.9. The molecule has 0 aromatic heterocycles. The molecule has 1 saturated heterocycles. The molecule has 1 aliphatic rings. The maximum absolute atomic E-state index is 13.2. The molecule has 1 heterocycles. The molecule has 10 nitrogen and oxygen atoms in total. The number of anilines is 1. The number of likely N-dealkylation sites (tertiary alicyclic amines) is 1. The fraction of sp³-hybridized carbons (Fsp3) is 0.480. The van der Waals surface area contributed by atoms with Crippen LogP contribution in [0.25, 0.3) is 0 Å². The van der Waals surface area contributed by atoms with Crippen molar-refractivity contribution in [2.75, 3.05) is 30.8 Å². The first-order valence-electron chi connectivity index (χ1n) is 12.0. The number of rotatable bonds is 11. The molecule has 0 radical (unpaired) electrons. The molecular weight excluding hydrogens is 484 g/mol. The molecule has 11 heteroatoms. The maximum atomic E-state index is 13.2. The van der Waals surface area contributed by atoms with Crippen molar-refractivity contribution in [3.05, 3.63) is 63.7 Å². The van der Waals surface area contributed by atoms with Gasteiger partial charge in [0.15, 0.2) is 0 Å². The Labute approximate surface area is 212 Å². The zero-order valence-electron chi connectivity index (χ0n) is 21.0. The number of amides is 1. The van der Waals surface area contributed by atoms with Gasteiger partial charge in [-0.1, -0.05) is 37.6 Å². The van der Waals surface area contributed by atoms with Gasteiger partial charge < -0.3 is 10.1 Å². The van der Waals surface area contributed by atoms with Crippen molar-refractivity contribution >= 4 is 27.3 Å². The van der Waals surface area contributed by atoms with E-state index in [0.29, 0.717) is 0 Å². The quantitative estimate of drug-likeness (QED) is 0.357. The monoisotopic (exact) mass is 518 g/mol. The molecule has 1 amide bonds. The minimum absolute atomic E-state index is 0.0558. The van der Waals surface area contributed by atoms with Crippen molar-refractivity contribution < 1.29 is 22.9 Å². The Morgan fingerprint density at radius 1 is 1.17 bits per heavy atom. The fourth-order valence-corrected chi connectivity index (χ4v) is 5.73. The van der Waals surface area contributed by atoms with Gasteiger partial charge in [-0.2, -0.15) is 0 Å². The summed E-state index contributed by atoms with van der Waals surface area (Å²) < 4.78 is 31.8. The Bertz CT molecular complexity index is 1180. The lowest BCUT2D eigenvalue weighted by Gasteiger charge is -2.31. The Morgan fingerprint density at radius 3 is 2.47 bits per heavy atom. The standard InChI is InChI=1S/C25H34N4O6S/c1-4-22(28(36(3,33)34)23-16-21(29(31)32)11-12-24(23)35-2)25(30)26-17-19-9-8-10-20(15-19)18-27-13-6-5-7-14-27/h8-12,15-16,22H,4-7,13-14,17-18H2,1-3H3,(H,26,30)/t22-/m0/s1. The van der Waals surface area contributed by atoms with E-state index >= 15 is 0 Å². The number of carbonyl (C=O) groups excluding carboxylic acids is 1. The minimum atomic E-state index is -3.99. The average Bonchev–Trinajstić information content (AvgIpc) is 2.85. The van der Waals surface area contributed by atoms with E-state index in [2.05, 4.69) is 16.3 Å². The number of hydrogen-bond acceptors (Lipinski definition) is 7. The molecule has 0 unspecified atom stereocenters. The molecule has 196 valence electrons. The zero-order chi connectivity index (χ0) is 26.3. The highest BCUT2D eigenvalue weighted by Gasteiger charge is 2.34. The van der Waals surface area contributed by atoms with Crippen LogP contribution < -0.4 is 14.4 Å². The van der Waals surface area contributed by atoms with Crippen LogP contribution in [0.3, 0.4) is 0 Å². The molecular formula is C25H34N4O6S. The molecule has 1 aliphatic heterocycles. The van der Waals surface area contributed by atoms with Crippen LogP contribution in [0, 0.1) is 10.1 Å². The van der Waals surface area contributed by atoms with Gasteiger partial charge in [0, 0.05) is 25.2 Å². The summed E-state index contributed by atoms with van der Waals surface area (Å²) in [5.74, 6) is -0.388. The summed E-state index contributed by atoms with van der Waals surface area (Å²) in [6.07, 6.45) is 4.81. The second-order valence-electron chi connectivity index (χ2n) is 8.97. The van der Waals surface area contributed by atoms with Crippen LogP contribution in [-0.4, -0.2) is 56.6 Å². The molecule has 3 rings (SSSR count). The predicted octanol–water partition coefficient (Wildman–Crippen LogP) is 3.45. The molecule has 2 aromatic rings. The van der Waals surface area contributed by atoms with Gasteiger partial charge in [-0.15, -0.1) is 0 Å². The van der Waals surface area contributed by atoms with Crippen molar-refractivity contribution in [2.45, 2.75) is 51.7 Å². The van der Waals surface area contributed by atoms with Crippen LogP contribution in [0.15, 0.2) is 42.5 Å². The first-order chi connectivity index (χ1) is 17.1. The molecule has 0 spiro atoms. The summed E-state index contributed by atoms with van der Waals surface area (Å²) in [6.45, 7) is 4.94. The van der Waals surface area contributed by atoms with Crippen LogP contribution in [-0.2, 0) is 27.9 Å². The minimum Gasteiger partial charge on any atom is -0.495 e. The van der Waals surface area contributed by atoms with Gasteiger partial charge in [0.05, 0.1) is 18.3 Å². The van der Waals surface area contributed by atoms with E-state index in [9.17, 15) is 23.3 Å². The highest BCUT2D eigenvalue weighted by Crippen LogP contribution is 2.35. The molecule has 1 atom stereocenters. The third-order valence-corrected chi connectivity index (χ3v) is 7.42. The van der Waals surface area contributed by atoms with Crippen molar-refractivity contribution in [3.63, 3.8) is 0 Å². The number of piperidine rings is 1. The summed E-state index contributed by atoms with van der Waals surface area (Å²) in [6, 6.07) is 10.5. The lowest BCUT2D eigenvalue weighted by atomic mass is 10.1. The van der Waals surface area contributed by atoms with Crippen molar-refractivity contribution in [1.29, 1.82) is 0 Å². The molecule has 1 N–H and O–H groups in total. The van der Waals surface area contributed by atoms with Gasteiger partial charge in [0.2, 0.25) is 15.9 Å². The van der Waals surface area contributed by atoms with Gasteiger partial charge in [0.1, 0.15) is 17.5 Å². The van der Waals surface area contributed by atoms with Gasteiger partial charge in [-0.25, -0.2) is 8.42 Å². The maximum Gasteiger partial charge on any atom is 0.271 e. The van der Waals surface area contributed by atoms with E-state index in [1.807, 2.05) is 18.2 Å². The molecule has 2 aromatic carbocycles. The van der Waals surface area contributed by atoms with Crippen molar-refractivity contribution in [3.8, 4) is 5.75 Å². The number of hydrogen-bond donors (Lipinski definition) is 1. The lowest BCUT2D eigenvalue weighted by Crippen LogP contribution is -2.49. The highest BCUT2D eigenvalue weighted by atomic mass is 32.2. The van der Waals surface area contributed by atoms with Crippen LogP contribution in [0.2, 0.25) is 0 Å². The van der Waals surface area contributed by atoms with E-state index in [-0.39, 0.29) is 30.1 Å². The number of nitrogens with zero attached hydrogens (tertiary/aromatic N) is 3. The van der Waals surface area contributed by atoms with E-state index < -0.39 is 26.9 Å². The van der Waals surface area contributed by atoms with Crippen LogP contribution >= 0.6 is 0 Å². The van der Waals surface area contributed by atoms with E-state index in [0.717, 1.165) is 47.4 Å².